The SMILES string of the molecule is CNC(c1cc(Br)ccc1F)c1c(Br)cnn1CCOC. The Hall–Kier alpha value is -0.760. The van der Waals surface area contributed by atoms with Crippen LogP contribution in [0.25, 0.3) is 0 Å². The van der Waals surface area contributed by atoms with Gasteiger partial charge in [-0.25, -0.2) is 4.39 Å². The normalized spacial score (nSPS) is 12.6. The fourth-order valence-electron chi connectivity index (χ4n) is 2.19. The molecule has 1 heterocycles. The second kappa shape index (κ2) is 7.49. The summed E-state index contributed by atoms with van der Waals surface area (Å²) in [4.78, 5) is 0. The maximum absolute atomic E-state index is 14.2. The molecule has 0 fully saturated rings. The minimum absolute atomic E-state index is 0.260. The van der Waals surface area contributed by atoms with E-state index >= 15 is 0 Å². The van der Waals surface area contributed by atoms with E-state index in [1.165, 1.54) is 6.07 Å². The van der Waals surface area contributed by atoms with Crippen molar-refractivity contribution in [2.75, 3.05) is 20.8 Å². The fourth-order valence-corrected chi connectivity index (χ4v) is 3.09. The number of nitrogens with zero attached hydrogens (tertiary/aromatic N) is 2. The lowest BCUT2D eigenvalue weighted by Gasteiger charge is -2.20. The lowest BCUT2D eigenvalue weighted by Crippen LogP contribution is -2.24. The Bertz CT molecular complexity index is 618. The summed E-state index contributed by atoms with van der Waals surface area (Å²) in [6.45, 7) is 1.14. The van der Waals surface area contributed by atoms with Gasteiger partial charge in [0, 0.05) is 17.1 Å². The Morgan fingerprint density at radius 1 is 1.43 bits per heavy atom. The Kier molecular flexibility index (Phi) is 5.92. The molecule has 0 spiro atoms. The van der Waals surface area contributed by atoms with Gasteiger partial charge in [0.25, 0.3) is 0 Å². The summed E-state index contributed by atoms with van der Waals surface area (Å²) in [7, 11) is 3.44. The number of nitrogens with one attached hydrogen (secondary N) is 1. The molecule has 0 aliphatic carbocycles. The highest BCUT2D eigenvalue weighted by molar-refractivity contribution is 9.10. The topological polar surface area (TPSA) is 39.1 Å². The predicted octanol–water partition coefficient (Wildman–Crippen LogP) is 3.50. The molecule has 1 N–H and O–H groups in total. The first-order chi connectivity index (χ1) is 10.1. The van der Waals surface area contributed by atoms with Crippen LogP contribution in [0.1, 0.15) is 17.3 Å². The molecule has 0 saturated carbocycles. The average molecular weight is 421 g/mol. The first-order valence-corrected chi connectivity index (χ1v) is 7.99. The molecule has 0 aliphatic heterocycles. The Morgan fingerprint density at radius 2 is 2.19 bits per heavy atom. The highest BCUT2D eigenvalue weighted by Gasteiger charge is 2.23. The molecule has 0 bridgehead atoms. The maximum Gasteiger partial charge on any atom is 0.128 e. The van der Waals surface area contributed by atoms with Gasteiger partial charge in [0.1, 0.15) is 5.82 Å². The van der Waals surface area contributed by atoms with Crippen LogP contribution < -0.4 is 5.32 Å². The molecule has 1 aromatic carbocycles. The van der Waals surface area contributed by atoms with Crippen LogP contribution in [0.2, 0.25) is 0 Å². The molecular formula is C14H16Br2FN3O. The monoisotopic (exact) mass is 419 g/mol. The van der Waals surface area contributed by atoms with Crippen molar-refractivity contribution in [1.29, 1.82) is 0 Å². The van der Waals surface area contributed by atoms with E-state index in [9.17, 15) is 4.39 Å². The van der Waals surface area contributed by atoms with Gasteiger partial charge in [-0.05, 0) is 41.2 Å². The van der Waals surface area contributed by atoms with Gasteiger partial charge >= 0.3 is 0 Å². The Morgan fingerprint density at radius 3 is 2.86 bits per heavy atom. The molecule has 21 heavy (non-hydrogen) atoms. The molecule has 0 amide bonds. The molecule has 1 aromatic heterocycles. The van der Waals surface area contributed by atoms with Gasteiger partial charge in [-0.2, -0.15) is 5.10 Å². The Labute approximate surface area is 139 Å². The van der Waals surface area contributed by atoms with Gasteiger partial charge in [0.05, 0.1) is 35.6 Å². The maximum atomic E-state index is 14.2. The van der Waals surface area contributed by atoms with E-state index < -0.39 is 0 Å². The van der Waals surface area contributed by atoms with Crippen molar-refractivity contribution in [1.82, 2.24) is 15.1 Å². The van der Waals surface area contributed by atoms with E-state index in [1.54, 1.807) is 32.5 Å². The largest absolute Gasteiger partial charge is 0.383 e. The molecule has 0 aliphatic rings. The summed E-state index contributed by atoms with van der Waals surface area (Å²) in [5.41, 5.74) is 1.43. The van der Waals surface area contributed by atoms with Crippen LogP contribution in [0.15, 0.2) is 33.3 Å². The number of hydrogen-bond acceptors (Lipinski definition) is 3. The number of benzene rings is 1. The molecule has 4 nitrogen and oxygen atoms in total. The van der Waals surface area contributed by atoms with E-state index in [2.05, 4.69) is 42.3 Å². The zero-order chi connectivity index (χ0) is 15.4. The van der Waals surface area contributed by atoms with E-state index in [4.69, 9.17) is 4.74 Å². The lowest BCUT2D eigenvalue weighted by molar-refractivity contribution is 0.182. The summed E-state index contributed by atoms with van der Waals surface area (Å²) >= 11 is 6.88. The van der Waals surface area contributed by atoms with Crippen LogP contribution in [-0.4, -0.2) is 30.5 Å². The van der Waals surface area contributed by atoms with E-state index in [0.717, 1.165) is 14.6 Å². The smallest absolute Gasteiger partial charge is 0.128 e. The second-order valence-electron chi connectivity index (χ2n) is 4.48. The van der Waals surface area contributed by atoms with Crippen molar-refractivity contribution >= 4 is 31.9 Å². The van der Waals surface area contributed by atoms with Gasteiger partial charge in [-0.15, -0.1) is 0 Å². The predicted molar refractivity (Wildman–Crippen MR) is 86.8 cm³/mol. The van der Waals surface area contributed by atoms with Crippen molar-refractivity contribution in [3.63, 3.8) is 0 Å². The molecule has 0 radical (unpaired) electrons. The molecule has 1 unspecified atom stereocenters. The van der Waals surface area contributed by atoms with Crippen LogP contribution >= 0.6 is 31.9 Å². The second-order valence-corrected chi connectivity index (χ2v) is 6.25. The third-order valence-electron chi connectivity index (χ3n) is 3.17. The number of hydrogen-bond donors (Lipinski definition) is 1. The molecule has 2 rings (SSSR count). The highest BCUT2D eigenvalue weighted by atomic mass is 79.9. The minimum Gasteiger partial charge on any atom is -0.383 e. The Balaban J connectivity index is 2.46. The average Bonchev–Trinajstić information content (AvgIpc) is 2.83. The van der Waals surface area contributed by atoms with Crippen LogP contribution in [0.3, 0.4) is 0 Å². The van der Waals surface area contributed by atoms with E-state index in [1.807, 2.05) is 4.68 Å². The number of halogens is 3. The van der Waals surface area contributed by atoms with Crippen LogP contribution in [0.4, 0.5) is 4.39 Å². The zero-order valence-electron chi connectivity index (χ0n) is 11.7. The quantitative estimate of drug-likeness (QED) is 0.777. The van der Waals surface area contributed by atoms with E-state index in [-0.39, 0.29) is 11.9 Å². The summed E-state index contributed by atoms with van der Waals surface area (Å²) in [5.74, 6) is -0.260. The third-order valence-corrected chi connectivity index (χ3v) is 4.28. The van der Waals surface area contributed by atoms with Gasteiger partial charge in [-0.1, -0.05) is 15.9 Å². The molecule has 114 valence electrons. The van der Waals surface area contributed by atoms with Crippen molar-refractivity contribution in [2.24, 2.45) is 0 Å². The molecule has 0 saturated heterocycles. The van der Waals surface area contributed by atoms with Crippen LogP contribution in [0, 0.1) is 5.82 Å². The van der Waals surface area contributed by atoms with Gasteiger partial charge in [-0.3, -0.25) is 4.68 Å². The van der Waals surface area contributed by atoms with Crippen LogP contribution in [-0.2, 0) is 11.3 Å². The lowest BCUT2D eigenvalue weighted by atomic mass is 10.0. The first-order valence-electron chi connectivity index (χ1n) is 6.40. The number of methoxy groups -OCH3 is 1. The molecule has 2 aromatic rings. The van der Waals surface area contributed by atoms with Gasteiger partial charge in [0.15, 0.2) is 0 Å². The molecular weight excluding hydrogens is 405 g/mol. The number of rotatable bonds is 6. The van der Waals surface area contributed by atoms with Crippen molar-refractivity contribution in [2.45, 2.75) is 12.6 Å². The summed E-state index contributed by atoms with van der Waals surface area (Å²) in [6, 6.07) is 4.60. The summed E-state index contributed by atoms with van der Waals surface area (Å²) < 4.78 is 22.8. The first kappa shape index (κ1) is 16.6. The van der Waals surface area contributed by atoms with Crippen molar-refractivity contribution in [3.8, 4) is 0 Å². The van der Waals surface area contributed by atoms with Gasteiger partial charge < -0.3 is 10.1 Å². The minimum atomic E-state index is -0.309. The zero-order valence-corrected chi connectivity index (χ0v) is 14.9. The van der Waals surface area contributed by atoms with Crippen molar-refractivity contribution in [3.05, 3.63) is 50.4 Å². The standard InChI is InChI=1S/C14H16Br2FN3O/c1-18-13(10-7-9(15)3-4-12(10)17)14-11(16)8-19-20(14)5-6-21-2/h3-4,7-8,13,18H,5-6H2,1-2H3. The van der Waals surface area contributed by atoms with Crippen molar-refractivity contribution < 1.29 is 9.13 Å². The number of ether oxygens (including phenoxy) is 1. The van der Waals surface area contributed by atoms with Crippen LogP contribution in [0.5, 0.6) is 0 Å². The summed E-state index contributed by atoms with van der Waals surface area (Å²) in [6.07, 6.45) is 1.71. The molecule has 1 atom stereocenters. The highest BCUT2D eigenvalue weighted by Crippen LogP contribution is 2.31. The molecule has 7 heteroatoms. The van der Waals surface area contributed by atoms with E-state index in [0.29, 0.717) is 18.7 Å². The number of aromatic nitrogens is 2. The van der Waals surface area contributed by atoms with Gasteiger partial charge in [0.2, 0.25) is 0 Å². The fraction of sp³-hybridized carbons (Fsp3) is 0.357. The summed E-state index contributed by atoms with van der Waals surface area (Å²) in [5, 5.41) is 7.47. The third kappa shape index (κ3) is 3.71.